The van der Waals surface area contributed by atoms with E-state index in [-0.39, 0.29) is 6.54 Å². The van der Waals surface area contributed by atoms with Crippen LogP contribution < -0.4 is 10.6 Å². The molecule has 0 aliphatic carbocycles. The average Bonchev–Trinajstić information content (AvgIpc) is 3.16. The normalized spacial score (nSPS) is 10.8. The Morgan fingerprint density at radius 3 is 2.55 bits per heavy atom. The Bertz CT molecular complexity index is 1300. The number of benzene rings is 2. The van der Waals surface area contributed by atoms with Gasteiger partial charge in [0.2, 0.25) is 0 Å². The fourth-order valence-electron chi connectivity index (χ4n) is 3.56. The lowest BCUT2D eigenvalue weighted by atomic mass is 10.0. The zero-order valence-electron chi connectivity index (χ0n) is 17.4. The zero-order valence-corrected chi connectivity index (χ0v) is 17.4. The molecule has 2 aromatic carbocycles. The maximum atomic E-state index is 11.7. The second kappa shape index (κ2) is 8.35. The van der Waals surface area contributed by atoms with Crippen LogP contribution in [0.3, 0.4) is 0 Å². The first-order chi connectivity index (χ1) is 15.0. The summed E-state index contributed by atoms with van der Waals surface area (Å²) >= 11 is 0. The number of fused-ring (bicyclic) bond motifs is 3. The van der Waals surface area contributed by atoms with Gasteiger partial charge in [-0.05, 0) is 36.1 Å². The highest BCUT2D eigenvalue weighted by Crippen LogP contribution is 2.31. The third-order valence-electron chi connectivity index (χ3n) is 5.12. The molecule has 0 unspecified atom stereocenters. The summed E-state index contributed by atoms with van der Waals surface area (Å²) in [5, 5.41) is 7.27. The molecular weight excluding hydrogens is 396 g/mol. The highest BCUT2D eigenvalue weighted by atomic mass is 16.5. The van der Waals surface area contributed by atoms with Crippen LogP contribution in [0, 0.1) is 6.92 Å². The zero-order chi connectivity index (χ0) is 22.0. The minimum absolute atomic E-state index is 0.239. The van der Waals surface area contributed by atoms with E-state index in [4.69, 9.17) is 9.72 Å². The number of hydrogen-bond acceptors (Lipinski definition) is 5. The van der Waals surface area contributed by atoms with Crippen molar-refractivity contribution in [1.29, 1.82) is 0 Å². The highest BCUT2D eigenvalue weighted by Gasteiger charge is 2.18. The molecule has 4 aromatic rings. The Balaban J connectivity index is 1.93. The summed E-state index contributed by atoms with van der Waals surface area (Å²) in [6.07, 6.45) is 0.864. The molecule has 0 saturated carbocycles. The third-order valence-corrected chi connectivity index (χ3v) is 5.12. The first kappa shape index (κ1) is 20.2. The molecule has 31 heavy (non-hydrogen) atoms. The van der Waals surface area contributed by atoms with E-state index in [9.17, 15) is 9.59 Å². The van der Waals surface area contributed by atoms with Crippen molar-refractivity contribution in [2.45, 2.75) is 13.5 Å². The summed E-state index contributed by atoms with van der Waals surface area (Å²) in [4.78, 5) is 28.3. The maximum Gasteiger partial charge on any atom is 0.411 e. The molecule has 0 fully saturated rings. The van der Waals surface area contributed by atoms with Gasteiger partial charge in [-0.1, -0.05) is 30.3 Å². The minimum atomic E-state index is -0.543. The van der Waals surface area contributed by atoms with Crippen LogP contribution in [0.25, 0.3) is 27.7 Å². The van der Waals surface area contributed by atoms with Crippen LogP contribution in [0.1, 0.15) is 11.3 Å². The predicted octanol–water partition coefficient (Wildman–Crippen LogP) is 4.50. The number of carbonyl (C=O) groups is 2. The molecule has 8 nitrogen and oxygen atoms in total. The van der Waals surface area contributed by atoms with Crippen LogP contribution >= 0.6 is 0 Å². The Hall–Kier alpha value is -4.07. The van der Waals surface area contributed by atoms with Crippen molar-refractivity contribution in [3.8, 4) is 11.3 Å². The number of methoxy groups -OCH3 is 2. The summed E-state index contributed by atoms with van der Waals surface area (Å²) in [6.45, 7) is 2.26. The largest absolute Gasteiger partial charge is 0.453 e. The van der Waals surface area contributed by atoms with Crippen LogP contribution in [0.15, 0.2) is 54.7 Å². The molecule has 0 saturated heterocycles. The molecule has 0 spiro atoms. The number of amides is 2. The molecule has 2 N–H and O–H groups in total. The van der Waals surface area contributed by atoms with Crippen molar-refractivity contribution in [3.05, 3.63) is 66.0 Å². The minimum Gasteiger partial charge on any atom is -0.453 e. The van der Waals surface area contributed by atoms with Gasteiger partial charge >= 0.3 is 12.2 Å². The van der Waals surface area contributed by atoms with E-state index < -0.39 is 12.2 Å². The number of nitrogens with zero attached hydrogens (tertiary/aromatic N) is 2. The topological polar surface area (TPSA) is 94.0 Å². The Morgan fingerprint density at radius 2 is 1.81 bits per heavy atom. The number of imidazole rings is 1. The standard InChI is InChI=1S/C23H22N4O4/c1-14-6-4-5-7-17(14)20-19(13-24-22(28)30-2)27-11-10-15-8-9-16(25-23(29)31-3)12-18(15)21(27)26-20/h4-12H,13H2,1-3H3,(H,24,28)(H,25,29). The van der Waals surface area contributed by atoms with E-state index in [1.807, 2.05) is 60.0 Å². The van der Waals surface area contributed by atoms with Crippen LogP contribution in [0.4, 0.5) is 15.3 Å². The molecule has 4 rings (SSSR count). The van der Waals surface area contributed by atoms with E-state index in [1.165, 1.54) is 14.2 Å². The van der Waals surface area contributed by atoms with Crippen LogP contribution in [0.5, 0.6) is 0 Å². The fraction of sp³-hybridized carbons (Fsp3) is 0.174. The van der Waals surface area contributed by atoms with Crippen molar-refractivity contribution in [1.82, 2.24) is 14.7 Å². The van der Waals surface area contributed by atoms with Gasteiger partial charge in [0.25, 0.3) is 0 Å². The molecule has 2 amide bonds. The van der Waals surface area contributed by atoms with Gasteiger partial charge in [0.1, 0.15) is 5.65 Å². The lowest BCUT2D eigenvalue weighted by Gasteiger charge is -2.09. The van der Waals surface area contributed by atoms with Crippen molar-refractivity contribution in [3.63, 3.8) is 0 Å². The first-order valence-corrected chi connectivity index (χ1v) is 9.68. The fourth-order valence-corrected chi connectivity index (χ4v) is 3.56. The van der Waals surface area contributed by atoms with Crippen molar-refractivity contribution in [2.75, 3.05) is 19.5 Å². The van der Waals surface area contributed by atoms with E-state index in [1.54, 1.807) is 6.07 Å². The first-order valence-electron chi connectivity index (χ1n) is 9.68. The monoisotopic (exact) mass is 418 g/mol. The molecule has 2 heterocycles. The number of nitrogens with one attached hydrogen (secondary N) is 2. The Labute approximate surface area is 178 Å². The molecule has 0 bridgehead atoms. The van der Waals surface area contributed by atoms with Crippen molar-refractivity contribution < 1.29 is 19.1 Å². The summed E-state index contributed by atoms with van der Waals surface area (Å²) in [5.74, 6) is 0. The van der Waals surface area contributed by atoms with Gasteiger partial charge in [-0.3, -0.25) is 5.32 Å². The summed E-state index contributed by atoms with van der Waals surface area (Å²) < 4.78 is 11.4. The van der Waals surface area contributed by atoms with E-state index >= 15 is 0 Å². The van der Waals surface area contributed by atoms with Gasteiger partial charge in [0.05, 0.1) is 32.2 Å². The third kappa shape index (κ3) is 3.87. The lowest BCUT2D eigenvalue weighted by Crippen LogP contribution is -2.23. The molecule has 0 aliphatic rings. The Kier molecular flexibility index (Phi) is 5.44. The van der Waals surface area contributed by atoms with Gasteiger partial charge in [0.15, 0.2) is 0 Å². The van der Waals surface area contributed by atoms with Gasteiger partial charge in [-0.2, -0.15) is 0 Å². The number of anilines is 1. The second-order valence-corrected chi connectivity index (χ2v) is 7.00. The van der Waals surface area contributed by atoms with E-state index in [2.05, 4.69) is 15.4 Å². The van der Waals surface area contributed by atoms with E-state index in [0.29, 0.717) is 11.3 Å². The molecule has 0 atom stereocenters. The van der Waals surface area contributed by atoms with Crippen molar-refractivity contribution in [2.24, 2.45) is 0 Å². The van der Waals surface area contributed by atoms with Crippen LogP contribution in [0.2, 0.25) is 0 Å². The Morgan fingerprint density at radius 1 is 1.03 bits per heavy atom. The van der Waals surface area contributed by atoms with Gasteiger partial charge in [-0.25, -0.2) is 14.6 Å². The predicted molar refractivity (Wildman–Crippen MR) is 118 cm³/mol. The van der Waals surface area contributed by atoms with Crippen LogP contribution in [-0.2, 0) is 16.0 Å². The number of alkyl carbamates (subject to hydrolysis) is 1. The maximum absolute atomic E-state index is 11.7. The molecule has 0 aliphatic heterocycles. The second-order valence-electron chi connectivity index (χ2n) is 7.00. The van der Waals surface area contributed by atoms with Crippen molar-refractivity contribution >= 4 is 34.3 Å². The number of hydrogen-bond donors (Lipinski definition) is 2. The van der Waals surface area contributed by atoms with Gasteiger partial charge in [0, 0.05) is 22.8 Å². The number of pyridine rings is 1. The molecular formula is C23H22N4O4. The molecule has 158 valence electrons. The quantitative estimate of drug-likeness (QED) is 0.509. The lowest BCUT2D eigenvalue weighted by molar-refractivity contribution is 0.170. The SMILES string of the molecule is COC(=O)NCc1c(-c2ccccc2C)nc2c3cc(NC(=O)OC)ccc3ccn12. The summed E-state index contributed by atoms with van der Waals surface area (Å²) in [7, 11) is 2.65. The number of rotatable bonds is 4. The number of aryl methyl sites for hydroxylation is 1. The summed E-state index contributed by atoms with van der Waals surface area (Å²) in [5.41, 5.74) is 4.96. The summed E-state index contributed by atoms with van der Waals surface area (Å²) in [6, 6.07) is 15.5. The number of ether oxygens (including phenoxy) is 2. The van der Waals surface area contributed by atoms with Crippen LogP contribution in [-0.4, -0.2) is 35.8 Å². The van der Waals surface area contributed by atoms with Gasteiger partial charge < -0.3 is 19.2 Å². The van der Waals surface area contributed by atoms with E-state index in [0.717, 1.165) is 33.3 Å². The molecule has 8 heteroatoms. The highest BCUT2D eigenvalue weighted by molar-refractivity contribution is 5.99. The smallest absolute Gasteiger partial charge is 0.411 e. The molecule has 2 aromatic heterocycles. The number of aromatic nitrogens is 2. The average molecular weight is 418 g/mol. The molecule has 0 radical (unpaired) electrons. The number of carbonyl (C=O) groups excluding carboxylic acids is 2. The van der Waals surface area contributed by atoms with Gasteiger partial charge in [-0.15, -0.1) is 0 Å².